The van der Waals surface area contributed by atoms with Gasteiger partial charge in [-0.15, -0.1) is 11.3 Å². The van der Waals surface area contributed by atoms with Crippen LogP contribution in [-0.2, 0) is 17.9 Å². The number of hydrogen-bond acceptors (Lipinski definition) is 5. The number of fused-ring (bicyclic) bond motifs is 2. The Bertz CT molecular complexity index is 1570. The van der Waals surface area contributed by atoms with Crippen LogP contribution in [0, 0.1) is 12.7 Å². The molecule has 0 aliphatic carbocycles. The number of aryl methyl sites for hydroxylation is 2. The summed E-state index contributed by atoms with van der Waals surface area (Å²) < 4.78 is 18.3. The summed E-state index contributed by atoms with van der Waals surface area (Å²) >= 11 is 1.58. The molecule has 5 rings (SSSR count). The molecule has 0 bridgehead atoms. The first-order chi connectivity index (χ1) is 16.8. The summed E-state index contributed by atoms with van der Waals surface area (Å²) in [4.78, 5) is 36.2. The van der Waals surface area contributed by atoms with Crippen LogP contribution in [0.2, 0.25) is 0 Å². The topological polar surface area (TPSA) is 93.3 Å². The van der Waals surface area contributed by atoms with E-state index in [1.807, 2.05) is 35.2 Å². The van der Waals surface area contributed by atoms with Gasteiger partial charge in [-0.05, 0) is 38.1 Å². The third-order valence-corrected chi connectivity index (χ3v) is 6.51. The minimum Gasteiger partial charge on any atom is -0.346 e. The standard InChI is InChI=1S/C25H23FN6O2S/c1-4-32-22-20(28-15(3)33)9-16(10-21(22)30-23(32)18-7-5-6-8-19(18)26)24(34)27-11-17-13-31-12-14(2)35-25(31)29-17/h5-10,12-13H,4,11H2,1-3H3,(H,27,34)(H,28,33). The molecule has 0 radical (unpaired) electrons. The van der Waals surface area contributed by atoms with Crippen LogP contribution < -0.4 is 10.6 Å². The Kier molecular flexibility index (Phi) is 5.81. The van der Waals surface area contributed by atoms with Crippen molar-refractivity contribution in [2.45, 2.75) is 33.9 Å². The molecule has 5 aromatic rings. The molecule has 3 heterocycles. The van der Waals surface area contributed by atoms with Crippen molar-refractivity contribution in [3.05, 3.63) is 70.7 Å². The van der Waals surface area contributed by atoms with E-state index >= 15 is 0 Å². The Morgan fingerprint density at radius 2 is 1.94 bits per heavy atom. The van der Waals surface area contributed by atoms with E-state index in [1.165, 1.54) is 13.0 Å². The third-order valence-electron chi connectivity index (χ3n) is 5.60. The highest BCUT2D eigenvalue weighted by Gasteiger charge is 2.20. The van der Waals surface area contributed by atoms with Crippen molar-refractivity contribution in [3.8, 4) is 11.4 Å². The second-order valence-electron chi connectivity index (χ2n) is 8.18. The van der Waals surface area contributed by atoms with Gasteiger partial charge in [0.05, 0.1) is 34.5 Å². The number of carbonyl (C=O) groups excluding carboxylic acids is 2. The Labute approximate surface area is 204 Å². The van der Waals surface area contributed by atoms with Crippen LogP contribution in [0.5, 0.6) is 0 Å². The number of benzene rings is 2. The van der Waals surface area contributed by atoms with Crippen molar-refractivity contribution in [2.75, 3.05) is 5.32 Å². The lowest BCUT2D eigenvalue weighted by Crippen LogP contribution is -2.23. The molecule has 178 valence electrons. The fourth-order valence-corrected chi connectivity index (χ4v) is 4.99. The molecule has 8 nitrogen and oxygen atoms in total. The van der Waals surface area contributed by atoms with Gasteiger partial charge in [0.15, 0.2) is 4.96 Å². The maximum absolute atomic E-state index is 14.6. The van der Waals surface area contributed by atoms with Gasteiger partial charge < -0.3 is 15.2 Å². The van der Waals surface area contributed by atoms with E-state index in [0.717, 1.165) is 15.5 Å². The number of amides is 2. The highest BCUT2D eigenvalue weighted by Crippen LogP contribution is 2.32. The number of thiazole rings is 1. The first kappa shape index (κ1) is 22.7. The van der Waals surface area contributed by atoms with Crippen molar-refractivity contribution in [3.63, 3.8) is 0 Å². The van der Waals surface area contributed by atoms with Crippen LogP contribution >= 0.6 is 11.3 Å². The van der Waals surface area contributed by atoms with Gasteiger partial charge in [-0.2, -0.15) is 0 Å². The largest absolute Gasteiger partial charge is 0.346 e. The van der Waals surface area contributed by atoms with Crippen molar-refractivity contribution < 1.29 is 14.0 Å². The van der Waals surface area contributed by atoms with E-state index in [1.54, 1.807) is 41.7 Å². The molecule has 0 aliphatic heterocycles. The second kappa shape index (κ2) is 8.95. The molecule has 0 saturated heterocycles. The number of imidazole rings is 2. The summed E-state index contributed by atoms with van der Waals surface area (Å²) in [5.74, 6) is -0.581. The van der Waals surface area contributed by atoms with Gasteiger partial charge in [0.1, 0.15) is 11.6 Å². The monoisotopic (exact) mass is 490 g/mol. The molecular formula is C25H23FN6O2S. The van der Waals surface area contributed by atoms with Crippen molar-refractivity contribution in [1.29, 1.82) is 0 Å². The molecule has 0 aliphatic rings. The summed E-state index contributed by atoms with van der Waals surface area (Å²) in [6.07, 6.45) is 3.87. The number of anilines is 1. The Morgan fingerprint density at radius 3 is 2.66 bits per heavy atom. The van der Waals surface area contributed by atoms with Crippen LogP contribution in [-0.4, -0.2) is 30.8 Å². The molecule has 2 N–H and O–H groups in total. The van der Waals surface area contributed by atoms with Gasteiger partial charge in [0.2, 0.25) is 5.91 Å². The number of nitrogens with zero attached hydrogens (tertiary/aromatic N) is 4. The molecule has 3 aromatic heterocycles. The average molecular weight is 491 g/mol. The zero-order chi connectivity index (χ0) is 24.7. The van der Waals surface area contributed by atoms with Gasteiger partial charge in [0.25, 0.3) is 5.91 Å². The first-order valence-electron chi connectivity index (χ1n) is 11.1. The minimum atomic E-state index is -0.397. The minimum absolute atomic E-state index is 0.254. The zero-order valence-corrected chi connectivity index (χ0v) is 20.2. The summed E-state index contributed by atoms with van der Waals surface area (Å²) in [6, 6.07) is 9.67. The summed E-state index contributed by atoms with van der Waals surface area (Å²) in [7, 11) is 0. The maximum atomic E-state index is 14.6. The molecule has 0 fully saturated rings. The Morgan fingerprint density at radius 1 is 1.14 bits per heavy atom. The highest BCUT2D eigenvalue weighted by molar-refractivity contribution is 7.16. The Hall–Kier alpha value is -4.05. The molecule has 0 spiro atoms. The average Bonchev–Trinajstić information content (AvgIpc) is 3.47. The molecular weight excluding hydrogens is 467 g/mol. The summed E-state index contributed by atoms with van der Waals surface area (Å²) in [5, 5.41) is 5.69. The maximum Gasteiger partial charge on any atom is 0.251 e. The van der Waals surface area contributed by atoms with E-state index in [9.17, 15) is 14.0 Å². The van der Waals surface area contributed by atoms with Gasteiger partial charge in [-0.1, -0.05) is 12.1 Å². The smallest absolute Gasteiger partial charge is 0.251 e. The predicted octanol–water partition coefficient (Wildman–Crippen LogP) is 4.77. The fraction of sp³-hybridized carbons (Fsp3) is 0.200. The zero-order valence-electron chi connectivity index (χ0n) is 19.4. The SMILES string of the molecule is CCn1c(-c2ccccc2F)nc2cc(C(=O)NCc3cn4cc(C)sc4n3)cc(NC(C)=O)c21. The van der Waals surface area contributed by atoms with Gasteiger partial charge in [-0.25, -0.2) is 14.4 Å². The van der Waals surface area contributed by atoms with E-state index in [-0.39, 0.29) is 18.4 Å². The van der Waals surface area contributed by atoms with Gasteiger partial charge >= 0.3 is 0 Å². The van der Waals surface area contributed by atoms with Gasteiger partial charge in [0, 0.05) is 36.3 Å². The number of nitrogens with one attached hydrogen (secondary N) is 2. The lowest BCUT2D eigenvalue weighted by molar-refractivity contribution is -0.114. The van der Waals surface area contributed by atoms with Crippen LogP contribution in [0.3, 0.4) is 0 Å². The van der Waals surface area contributed by atoms with E-state index in [2.05, 4.69) is 20.6 Å². The number of rotatable bonds is 6. The normalized spacial score (nSPS) is 11.3. The first-order valence-corrected chi connectivity index (χ1v) is 11.9. The van der Waals surface area contributed by atoms with Crippen LogP contribution in [0.25, 0.3) is 27.4 Å². The van der Waals surface area contributed by atoms with E-state index in [0.29, 0.717) is 40.2 Å². The van der Waals surface area contributed by atoms with Crippen LogP contribution in [0.15, 0.2) is 48.8 Å². The number of carbonyl (C=O) groups is 2. The Balaban J connectivity index is 1.52. The molecule has 2 amide bonds. The lowest BCUT2D eigenvalue weighted by Gasteiger charge is -2.12. The van der Waals surface area contributed by atoms with E-state index < -0.39 is 5.82 Å². The van der Waals surface area contributed by atoms with Crippen molar-refractivity contribution >= 4 is 44.8 Å². The lowest BCUT2D eigenvalue weighted by atomic mass is 10.1. The molecule has 0 saturated carbocycles. The summed E-state index contributed by atoms with van der Waals surface area (Å²) in [6.45, 7) is 6.08. The van der Waals surface area contributed by atoms with Gasteiger partial charge in [-0.3, -0.25) is 14.0 Å². The van der Waals surface area contributed by atoms with E-state index in [4.69, 9.17) is 0 Å². The molecule has 35 heavy (non-hydrogen) atoms. The molecule has 0 unspecified atom stereocenters. The highest BCUT2D eigenvalue weighted by atomic mass is 32.1. The number of aromatic nitrogens is 4. The fourth-order valence-electron chi connectivity index (χ4n) is 4.16. The molecule has 10 heteroatoms. The van der Waals surface area contributed by atoms with Crippen LogP contribution in [0.4, 0.5) is 10.1 Å². The summed E-state index contributed by atoms with van der Waals surface area (Å²) in [5.41, 5.74) is 2.97. The van der Waals surface area contributed by atoms with Crippen molar-refractivity contribution in [2.24, 2.45) is 0 Å². The molecule has 0 atom stereocenters. The number of hydrogen-bond donors (Lipinski definition) is 2. The third kappa shape index (κ3) is 4.28. The van der Waals surface area contributed by atoms with Crippen LogP contribution in [0.1, 0.15) is 34.8 Å². The number of halogens is 1. The molecule has 2 aromatic carbocycles. The second-order valence-corrected chi connectivity index (χ2v) is 9.39. The van der Waals surface area contributed by atoms with Crippen molar-refractivity contribution in [1.82, 2.24) is 24.3 Å². The predicted molar refractivity (Wildman–Crippen MR) is 134 cm³/mol. The quantitative estimate of drug-likeness (QED) is 0.359.